The zero-order valence-corrected chi connectivity index (χ0v) is 19.4. The first kappa shape index (κ1) is 23.7. The Morgan fingerprint density at radius 3 is 2.21 bits per heavy atom. The molecule has 1 saturated heterocycles. The summed E-state index contributed by atoms with van der Waals surface area (Å²) in [6.45, 7) is 2.95. The number of amides is 1. The number of sulfone groups is 1. The standard InChI is InChI=1S/C25H26N2O6S/c28-23(27-14-12-26(13-15-27)17-20-7-3-1-4-8-20)18-33-25(29)24-21(11-16-32-24)19-34(30,31)22-9-5-2-6-10-22/h1-11,16H,12-15,17-19H2. The van der Waals surface area contributed by atoms with Gasteiger partial charge in [-0.3, -0.25) is 9.69 Å². The number of ether oxygens (including phenoxy) is 1. The normalized spacial score (nSPS) is 14.6. The number of carbonyl (C=O) groups excluding carboxylic acids is 2. The summed E-state index contributed by atoms with van der Waals surface area (Å²) < 4.78 is 35.6. The Morgan fingerprint density at radius 2 is 1.53 bits per heavy atom. The van der Waals surface area contributed by atoms with Crippen LogP contribution in [0.15, 0.2) is 82.3 Å². The molecule has 4 rings (SSSR count). The molecular weight excluding hydrogens is 456 g/mol. The first-order valence-electron chi connectivity index (χ1n) is 11.0. The van der Waals surface area contributed by atoms with Crippen LogP contribution in [-0.2, 0) is 31.7 Å². The van der Waals surface area contributed by atoms with Crippen molar-refractivity contribution >= 4 is 21.7 Å². The number of rotatable bonds is 8. The Labute approximate surface area is 198 Å². The monoisotopic (exact) mass is 482 g/mol. The van der Waals surface area contributed by atoms with Gasteiger partial charge in [0.15, 0.2) is 16.4 Å². The molecule has 9 heteroatoms. The molecule has 0 aliphatic carbocycles. The molecule has 0 spiro atoms. The minimum atomic E-state index is -3.66. The highest BCUT2D eigenvalue weighted by molar-refractivity contribution is 7.90. The van der Waals surface area contributed by atoms with E-state index in [4.69, 9.17) is 9.15 Å². The number of carbonyl (C=O) groups is 2. The van der Waals surface area contributed by atoms with Crippen LogP contribution in [0.3, 0.4) is 0 Å². The van der Waals surface area contributed by atoms with Crippen LogP contribution in [-0.4, -0.2) is 62.9 Å². The molecule has 0 radical (unpaired) electrons. The quantitative estimate of drug-likeness (QED) is 0.456. The third kappa shape index (κ3) is 5.92. The van der Waals surface area contributed by atoms with Gasteiger partial charge in [-0.05, 0) is 23.8 Å². The van der Waals surface area contributed by atoms with E-state index in [0.29, 0.717) is 13.1 Å². The molecule has 1 amide bonds. The molecule has 0 bridgehead atoms. The number of piperazine rings is 1. The van der Waals surface area contributed by atoms with E-state index in [1.54, 1.807) is 23.1 Å². The predicted molar refractivity (Wildman–Crippen MR) is 125 cm³/mol. The minimum Gasteiger partial charge on any atom is -0.457 e. The van der Waals surface area contributed by atoms with E-state index < -0.39 is 28.2 Å². The molecule has 1 aliphatic rings. The van der Waals surface area contributed by atoms with Gasteiger partial charge in [0.2, 0.25) is 5.76 Å². The van der Waals surface area contributed by atoms with Crippen molar-refractivity contribution in [1.29, 1.82) is 0 Å². The summed E-state index contributed by atoms with van der Waals surface area (Å²) in [5, 5.41) is 0. The molecule has 1 aromatic heterocycles. The van der Waals surface area contributed by atoms with Crippen LogP contribution in [0.1, 0.15) is 21.7 Å². The highest BCUT2D eigenvalue weighted by Gasteiger charge is 2.26. The molecule has 1 aliphatic heterocycles. The van der Waals surface area contributed by atoms with Crippen molar-refractivity contribution in [2.45, 2.75) is 17.2 Å². The highest BCUT2D eigenvalue weighted by Crippen LogP contribution is 2.20. The van der Waals surface area contributed by atoms with E-state index in [0.717, 1.165) is 19.6 Å². The number of esters is 1. The zero-order chi connectivity index (χ0) is 24.0. The van der Waals surface area contributed by atoms with Gasteiger partial charge >= 0.3 is 5.97 Å². The first-order valence-corrected chi connectivity index (χ1v) is 12.6. The number of hydrogen-bond acceptors (Lipinski definition) is 7. The molecule has 178 valence electrons. The van der Waals surface area contributed by atoms with Crippen molar-refractivity contribution in [3.63, 3.8) is 0 Å². The average Bonchev–Trinajstić information content (AvgIpc) is 3.31. The van der Waals surface area contributed by atoms with Gasteiger partial charge < -0.3 is 14.1 Å². The van der Waals surface area contributed by atoms with Crippen molar-refractivity contribution in [2.75, 3.05) is 32.8 Å². The van der Waals surface area contributed by atoms with Crippen LogP contribution in [0.25, 0.3) is 0 Å². The largest absolute Gasteiger partial charge is 0.457 e. The van der Waals surface area contributed by atoms with Gasteiger partial charge in [-0.2, -0.15) is 0 Å². The van der Waals surface area contributed by atoms with Crippen molar-refractivity contribution in [3.05, 3.63) is 89.9 Å². The van der Waals surface area contributed by atoms with Gasteiger partial charge in [0.05, 0.1) is 16.9 Å². The van der Waals surface area contributed by atoms with Crippen LogP contribution in [0.5, 0.6) is 0 Å². The first-order chi connectivity index (χ1) is 16.4. The van der Waals surface area contributed by atoms with Crippen molar-refractivity contribution in [3.8, 4) is 0 Å². The van der Waals surface area contributed by atoms with Gasteiger partial charge in [0.1, 0.15) is 0 Å². The summed E-state index contributed by atoms with van der Waals surface area (Å²) in [7, 11) is -3.66. The van der Waals surface area contributed by atoms with Crippen molar-refractivity contribution < 1.29 is 27.2 Å². The Hall–Kier alpha value is -3.43. The third-order valence-electron chi connectivity index (χ3n) is 5.68. The fraction of sp³-hybridized carbons (Fsp3) is 0.280. The number of hydrogen-bond donors (Lipinski definition) is 0. The molecule has 1 fully saturated rings. The van der Waals surface area contributed by atoms with Crippen LogP contribution >= 0.6 is 0 Å². The average molecular weight is 483 g/mol. The lowest BCUT2D eigenvalue weighted by Crippen LogP contribution is -2.49. The maximum Gasteiger partial charge on any atom is 0.375 e. The van der Waals surface area contributed by atoms with Gasteiger partial charge in [0, 0.05) is 38.3 Å². The fourth-order valence-electron chi connectivity index (χ4n) is 3.83. The van der Waals surface area contributed by atoms with E-state index >= 15 is 0 Å². The Kier molecular flexibility index (Phi) is 7.44. The van der Waals surface area contributed by atoms with Crippen molar-refractivity contribution in [1.82, 2.24) is 9.80 Å². The van der Waals surface area contributed by atoms with Crippen LogP contribution in [0, 0.1) is 0 Å². The Balaban J connectivity index is 1.28. The third-order valence-corrected chi connectivity index (χ3v) is 7.36. The molecule has 0 N–H and O–H groups in total. The maximum absolute atomic E-state index is 12.6. The van der Waals surface area contributed by atoms with E-state index in [2.05, 4.69) is 17.0 Å². The number of nitrogens with zero attached hydrogens (tertiary/aromatic N) is 2. The molecule has 2 heterocycles. The van der Waals surface area contributed by atoms with Gasteiger partial charge in [-0.25, -0.2) is 13.2 Å². The lowest BCUT2D eigenvalue weighted by atomic mass is 10.2. The molecule has 0 saturated carbocycles. The lowest BCUT2D eigenvalue weighted by Gasteiger charge is -2.34. The second-order valence-corrected chi connectivity index (χ2v) is 10.1. The smallest absolute Gasteiger partial charge is 0.375 e. The molecule has 8 nitrogen and oxygen atoms in total. The molecule has 0 atom stereocenters. The Morgan fingerprint density at radius 1 is 0.882 bits per heavy atom. The summed E-state index contributed by atoms with van der Waals surface area (Å²) in [6.07, 6.45) is 1.24. The molecule has 3 aromatic rings. The summed E-state index contributed by atoms with van der Waals surface area (Å²) in [4.78, 5) is 29.1. The van der Waals surface area contributed by atoms with Crippen LogP contribution in [0.4, 0.5) is 0 Å². The summed E-state index contributed by atoms with van der Waals surface area (Å²) in [5.74, 6) is -1.77. The van der Waals surface area contributed by atoms with Gasteiger partial charge in [-0.1, -0.05) is 48.5 Å². The summed E-state index contributed by atoms with van der Waals surface area (Å²) in [6, 6.07) is 19.5. The highest BCUT2D eigenvalue weighted by atomic mass is 32.2. The number of furan rings is 1. The van der Waals surface area contributed by atoms with E-state index in [9.17, 15) is 18.0 Å². The molecular formula is C25H26N2O6S. The zero-order valence-electron chi connectivity index (χ0n) is 18.6. The summed E-state index contributed by atoms with van der Waals surface area (Å²) >= 11 is 0. The fourth-order valence-corrected chi connectivity index (χ4v) is 5.20. The van der Waals surface area contributed by atoms with Crippen molar-refractivity contribution in [2.24, 2.45) is 0 Å². The van der Waals surface area contributed by atoms with Gasteiger partial charge in [-0.15, -0.1) is 0 Å². The Bertz CT molecular complexity index is 1220. The second kappa shape index (κ2) is 10.7. The minimum absolute atomic E-state index is 0.150. The van der Waals surface area contributed by atoms with E-state index in [-0.39, 0.29) is 22.1 Å². The molecule has 0 unspecified atom stereocenters. The van der Waals surface area contributed by atoms with E-state index in [1.807, 2.05) is 18.2 Å². The second-order valence-electron chi connectivity index (χ2n) is 8.07. The lowest BCUT2D eigenvalue weighted by molar-refractivity contribution is -0.136. The number of benzene rings is 2. The maximum atomic E-state index is 12.6. The summed E-state index contributed by atoms with van der Waals surface area (Å²) in [5.41, 5.74) is 1.41. The van der Waals surface area contributed by atoms with Crippen LogP contribution in [0.2, 0.25) is 0 Å². The molecule has 34 heavy (non-hydrogen) atoms. The van der Waals surface area contributed by atoms with E-state index in [1.165, 1.54) is 30.0 Å². The topological polar surface area (TPSA) is 97.1 Å². The van der Waals surface area contributed by atoms with Crippen LogP contribution < -0.4 is 0 Å². The van der Waals surface area contributed by atoms with Gasteiger partial charge in [0.25, 0.3) is 5.91 Å². The predicted octanol–water partition coefficient (Wildman–Crippen LogP) is 2.75. The molecule has 2 aromatic carbocycles. The SMILES string of the molecule is O=C(OCC(=O)N1CCN(Cc2ccccc2)CC1)c1occc1CS(=O)(=O)c1ccccc1.